The highest BCUT2D eigenvalue weighted by Gasteiger charge is 2.19. The van der Waals surface area contributed by atoms with Crippen molar-refractivity contribution in [2.45, 2.75) is 40.2 Å². The number of hydrogen-bond acceptors (Lipinski definition) is 3. The second-order valence-electron chi connectivity index (χ2n) is 7.58. The van der Waals surface area contributed by atoms with Crippen LogP contribution in [0.1, 0.15) is 42.1 Å². The molecule has 2 aromatic carbocycles. The quantitative estimate of drug-likeness (QED) is 0.534. The van der Waals surface area contributed by atoms with Gasteiger partial charge < -0.3 is 0 Å². The van der Waals surface area contributed by atoms with E-state index in [4.69, 9.17) is 0 Å². The molecular weight excluding hydrogens is 348 g/mol. The first-order chi connectivity index (χ1) is 13.5. The zero-order valence-electron chi connectivity index (χ0n) is 16.7. The van der Waals surface area contributed by atoms with E-state index in [9.17, 15) is 4.79 Å². The van der Waals surface area contributed by atoms with Gasteiger partial charge in [0.15, 0.2) is 0 Å². The molecule has 2 aromatic heterocycles. The second-order valence-corrected chi connectivity index (χ2v) is 7.58. The Morgan fingerprint density at radius 2 is 1.75 bits per heavy atom. The Labute approximate surface area is 164 Å². The van der Waals surface area contributed by atoms with Crippen LogP contribution in [0.25, 0.3) is 16.6 Å². The molecule has 28 heavy (non-hydrogen) atoms. The fraction of sp³-hybridized carbons (Fsp3) is 0.261. The summed E-state index contributed by atoms with van der Waals surface area (Å²) < 4.78 is 3.31. The van der Waals surface area contributed by atoms with E-state index in [1.807, 2.05) is 36.4 Å². The highest BCUT2D eigenvalue weighted by Crippen LogP contribution is 2.24. The molecule has 5 nitrogen and oxygen atoms in total. The molecule has 4 rings (SSSR count). The van der Waals surface area contributed by atoms with Crippen molar-refractivity contribution >= 4 is 10.9 Å². The molecule has 5 heteroatoms. The Bertz CT molecular complexity index is 1200. The van der Waals surface area contributed by atoms with Gasteiger partial charge >= 0.3 is 0 Å². The van der Waals surface area contributed by atoms with Gasteiger partial charge in [0.05, 0.1) is 24.1 Å². The average molecular weight is 372 g/mol. The van der Waals surface area contributed by atoms with Gasteiger partial charge in [-0.25, -0.2) is 9.36 Å². The van der Waals surface area contributed by atoms with E-state index in [0.29, 0.717) is 12.1 Å². The summed E-state index contributed by atoms with van der Waals surface area (Å²) >= 11 is 0. The predicted molar refractivity (Wildman–Crippen MR) is 112 cm³/mol. The molecule has 0 aliphatic heterocycles. The zero-order chi connectivity index (χ0) is 19.8. The minimum Gasteiger partial charge on any atom is -0.265 e. The first kappa shape index (κ1) is 18.2. The highest BCUT2D eigenvalue weighted by molar-refractivity contribution is 5.82. The van der Waals surface area contributed by atoms with Crippen LogP contribution in [0.15, 0.2) is 59.5 Å². The van der Waals surface area contributed by atoms with Gasteiger partial charge in [-0.15, -0.1) is 0 Å². The molecule has 0 unspecified atom stereocenters. The van der Waals surface area contributed by atoms with Crippen LogP contribution in [0.3, 0.4) is 0 Å². The second kappa shape index (κ2) is 7.08. The maximum Gasteiger partial charge on any atom is 0.293 e. The van der Waals surface area contributed by atoms with E-state index >= 15 is 0 Å². The van der Waals surface area contributed by atoms with Gasteiger partial charge in [0.25, 0.3) is 5.56 Å². The Morgan fingerprint density at radius 1 is 1.00 bits per heavy atom. The van der Waals surface area contributed by atoms with Crippen molar-refractivity contribution in [1.29, 1.82) is 0 Å². The van der Waals surface area contributed by atoms with Gasteiger partial charge in [0.1, 0.15) is 5.52 Å². The molecule has 0 saturated heterocycles. The SMILES string of the molecule is Cc1ccc(-n2ncc3c(C(C)C)nn(Cc4ccccc4)c(=O)c32)cc1C. The van der Waals surface area contributed by atoms with E-state index in [1.165, 1.54) is 11.1 Å². The van der Waals surface area contributed by atoms with Gasteiger partial charge in [0, 0.05) is 5.39 Å². The number of rotatable bonds is 4. The lowest BCUT2D eigenvalue weighted by atomic mass is 10.1. The molecule has 0 aliphatic rings. The van der Waals surface area contributed by atoms with Crippen molar-refractivity contribution in [2.75, 3.05) is 0 Å². The average Bonchev–Trinajstić information content (AvgIpc) is 3.12. The van der Waals surface area contributed by atoms with Crippen LogP contribution >= 0.6 is 0 Å². The molecule has 142 valence electrons. The number of aromatic nitrogens is 4. The van der Waals surface area contributed by atoms with Crippen LogP contribution in [0, 0.1) is 13.8 Å². The molecule has 0 fully saturated rings. The zero-order valence-corrected chi connectivity index (χ0v) is 16.7. The number of benzene rings is 2. The Hall–Kier alpha value is -3.21. The molecule has 0 amide bonds. The van der Waals surface area contributed by atoms with Gasteiger partial charge in [-0.3, -0.25) is 4.79 Å². The van der Waals surface area contributed by atoms with E-state index in [0.717, 1.165) is 22.3 Å². The largest absolute Gasteiger partial charge is 0.293 e. The number of fused-ring (bicyclic) bond motifs is 1. The monoisotopic (exact) mass is 372 g/mol. The Morgan fingerprint density at radius 3 is 2.43 bits per heavy atom. The first-order valence-corrected chi connectivity index (χ1v) is 9.56. The standard InChI is InChI=1S/C23H24N4O/c1-15(2)21-20-13-24-27(19-11-10-16(3)17(4)12-19)22(20)23(28)26(25-21)14-18-8-6-5-7-9-18/h5-13,15H,14H2,1-4H3. The van der Waals surface area contributed by atoms with Crippen molar-refractivity contribution in [3.8, 4) is 5.69 Å². The van der Waals surface area contributed by atoms with Crippen molar-refractivity contribution in [1.82, 2.24) is 19.6 Å². The van der Waals surface area contributed by atoms with Gasteiger partial charge in [-0.05, 0) is 48.6 Å². The third kappa shape index (κ3) is 3.13. The van der Waals surface area contributed by atoms with E-state index in [-0.39, 0.29) is 11.5 Å². The lowest BCUT2D eigenvalue weighted by Gasteiger charge is -2.12. The summed E-state index contributed by atoms with van der Waals surface area (Å²) in [6.07, 6.45) is 1.76. The Balaban J connectivity index is 1.96. The summed E-state index contributed by atoms with van der Waals surface area (Å²) in [6.45, 7) is 8.76. The van der Waals surface area contributed by atoms with Crippen molar-refractivity contribution in [3.63, 3.8) is 0 Å². The van der Waals surface area contributed by atoms with Crippen molar-refractivity contribution < 1.29 is 0 Å². The van der Waals surface area contributed by atoms with Gasteiger partial charge in [-0.1, -0.05) is 50.2 Å². The van der Waals surface area contributed by atoms with Crippen molar-refractivity contribution in [2.24, 2.45) is 0 Å². The van der Waals surface area contributed by atoms with Crippen LogP contribution in [-0.4, -0.2) is 19.6 Å². The smallest absolute Gasteiger partial charge is 0.265 e. The summed E-state index contributed by atoms with van der Waals surface area (Å²) in [5.41, 5.74) is 5.67. The number of aryl methyl sites for hydroxylation is 2. The first-order valence-electron chi connectivity index (χ1n) is 9.56. The topological polar surface area (TPSA) is 52.7 Å². The Kier molecular flexibility index (Phi) is 4.59. The third-order valence-electron chi connectivity index (χ3n) is 5.17. The highest BCUT2D eigenvalue weighted by atomic mass is 16.1. The fourth-order valence-electron chi connectivity index (χ4n) is 3.44. The van der Waals surface area contributed by atoms with E-state index in [1.54, 1.807) is 15.6 Å². The molecule has 0 spiro atoms. The molecule has 0 aliphatic carbocycles. The maximum atomic E-state index is 13.4. The normalized spacial score (nSPS) is 11.5. The van der Waals surface area contributed by atoms with Gasteiger partial charge in [-0.2, -0.15) is 10.2 Å². The van der Waals surface area contributed by atoms with Crippen LogP contribution in [0.5, 0.6) is 0 Å². The van der Waals surface area contributed by atoms with Gasteiger partial charge in [0.2, 0.25) is 0 Å². The lowest BCUT2D eigenvalue weighted by molar-refractivity contribution is 0.612. The van der Waals surface area contributed by atoms with Crippen LogP contribution in [-0.2, 0) is 6.54 Å². The molecular formula is C23H24N4O. The van der Waals surface area contributed by atoms with Crippen LogP contribution in [0.2, 0.25) is 0 Å². The molecule has 0 N–H and O–H groups in total. The van der Waals surface area contributed by atoms with Crippen molar-refractivity contribution in [3.05, 3.63) is 87.5 Å². The molecule has 0 saturated carbocycles. The third-order valence-corrected chi connectivity index (χ3v) is 5.17. The molecule has 2 heterocycles. The number of hydrogen-bond donors (Lipinski definition) is 0. The van der Waals surface area contributed by atoms with Crippen LogP contribution in [0.4, 0.5) is 0 Å². The maximum absolute atomic E-state index is 13.4. The van der Waals surface area contributed by atoms with E-state index in [2.05, 4.69) is 50.0 Å². The van der Waals surface area contributed by atoms with E-state index < -0.39 is 0 Å². The molecule has 0 bridgehead atoms. The van der Waals surface area contributed by atoms with Crippen LogP contribution < -0.4 is 5.56 Å². The summed E-state index contributed by atoms with van der Waals surface area (Å²) in [4.78, 5) is 13.4. The minimum absolute atomic E-state index is 0.126. The summed E-state index contributed by atoms with van der Waals surface area (Å²) in [6, 6.07) is 16.1. The molecule has 4 aromatic rings. The fourth-order valence-corrected chi connectivity index (χ4v) is 3.44. The summed E-state index contributed by atoms with van der Waals surface area (Å²) in [7, 11) is 0. The summed E-state index contributed by atoms with van der Waals surface area (Å²) in [5.74, 6) is 0.183. The minimum atomic E-state index is -0.126. The molecule has 0 atom stereocenters. The lowest BCUT2D eigenvalue weighted by Crippen LogP contribution is -2.27. The number of nitrogens with zero attached hydrogens (tertiary/aromatic N) is 4. The summed E-state index contributed by atoms with van der Waals surface area (Å²) in [5, 5.41) is 10.1. The predicted octanol–water partition coefficient (Wildman–Crippen LogP) is 4.37. The molecule has 0 radical (unpaired) electrons.